The molecule has 0 bridgehead atoms. The van der Waals surface area contributed by atoms with Crippen LogP contribution in [-0.2, 0) is 0 Å². The van der Waals surface area contributed by atoms with E-state index in [1.165, 1.54) is 12.4 Å². The van der Waals surface area contributed by atoms with Crippen LogP contribution in [-0.4, -0.2) is 9.97 Å². The summed E-state index contributed by atoms with van der Waals surface area (Å²) in [6.45, 7) is 0. The minimum absolute atomic E-state index is 0.188. The number of rotatable bonds is 2. The highest BCUT2D eigenvalue weighted by molar-refractivity contribution is 6.34. The number of hydrogen-bond acceptors (Lipinski definition) is 4. The van der Waals surface area contributed by atoms with Gasteiger partial charge in [-0.15, -0.1) is 0 Å². The molecule has 1 aromatic heterocycles. The molecule has 1 aromatic carbocycles. The molecule has 0 amide bonds. The second kappa shape index (κ2) is 4.55. The van der Waals surface area contributed by atoms with E-state index < -0.39 is 0 Å². The van der Waals surface area contributed by atoms with Crippen molar-refractivity contribution >= 4 is 28.9 Å². The molecule has 82 valence electrons. The van der Waals surface area contributed by atoms with Gasteiger partial charge >= 0.3 is 6.01 Å². The number of halogens is 2. The third kappa shape index (κ3) is 2.74. The lowest BCUT2D eigenvalue weighted by Gasteiger charge is -2.04. The number of nitrogen functional groups attached to an aromatic ring is 1. The molecular weight excluding hydrogens is 249 g/mol. The SMILES string of the molecule is Nc1cnc(Oc2cc(Cl)cc(Cl)c2)nc1. The predicted molar refractivity (Wildman–Crippen MR) is 63.0 cm³/mol. The lowest BCUT2D eigenvalue weighted by atomic mass is 10.3. The molecule has 2 N–H and O–H groups in total. The maximum atomic E-state index is 5.82. The standard InChI is InChI=1S/C10H7Cl2N3O/c11-6-1-7(12)3-9(2-6)16-10-14-4-8(13)5-15-10/h1-5H,13H2. The van der Waals surface area contributed by atoms with E-state index in [1.807, 2.05) is 0 Å². The summed E-state index contributed by atoms with van der Waals surface area (Å²) < 4.78 is 5.35. The second-order valence-corrected chi connectivity index (χ2v) is 3.88. The van der Waals surface area contributed by atoms with E-state index in [0.717, 1.165) is 0 Å². The van der Waals surface area contributed by atoms with E-state index in [2.05, 4.69) is 9.97 Å². The van der Waals surface area contributed by atoms with Crippen LogP contribution in [0, 0.1) is 0 Å². The van der Waals surface area contributed by atoms with Crippen molar-refractivity contribution in [1.29, 1.82) is 0 Å². The molecule has 16 heavy (non-hydrogen) atoms. The molecule has 0 fully saturated rings. The van der Waals surface area contributed by atoms with Gasteiger partial charge in [-0.2, -0.15) is 0 Å². The Morgan fingerprint density at radius 1 is 1.00 bits per heavy atom. The lowest BCUT2D eigenvalue weighted by molar-refractivity contribution is 0.442. The Balaban J connectivity index is 2.23. The van der Waals surface area contributed by atoms with Gasteiger partial charge in [0.2, 0.25) is 0 Å². The van der Waals surface area contributed by atoms with Gasteiger partial charge in [-0.05, 0) is 18.2 Å². The highest BCUT2D eigenvalue weighted by Crippen LogP contribution is 2.26. The third-order valence-electron chi connectivity index (χ3n) is 1.69. The summed E-state index contributed by atoms with van der Waals surface area (Å²) in [6.07, 6.45) is 2.91. The first kappa shape index (κ1) is 11.0. The predicted octanol–water partition coefficient (Wildman–Crippen LogP) is 3.16. The van der Waals surface area contributed by atoms with Crippen molar-refractivity contribution < 1.29 is 4.74 Å². The number of nitrogens with zero attached hydrogens (tertiary/aromatic N) is 2. The molecule has 0 aliphatic heterocycles. The molecule has 0 aliphatic carbocycles. The van der Waals surface area contributed by atoms with Crippen LogP contribution in [0.15, 0.2) is 30.6 Å². The Bertz CT molecular complexity index is 482. The first-order chi connectivity index (χ1) is 7.63. The van der Waals surface area contributed by atoms with Gasteiger partial charge in [0.1, 0.15) is 5.75 Å². The van der Waals surface area contributed by atoms with Gasteiger partial charge in [-0.1, -0.05) is 23.2 Å². The topological polar surface area (TPSA) is 61.0 Å². The maximum absolute atomic E-state index is 5.82. The molecule has 0 atom stereocenters. The van der Waals surface area contributed by atoms with Crippen LogP contribution < -0.4 is 10.5 Å². The summed E-state index contributed by atoms with van der Waals surface area (Å²) >= 11 is 11.6. The van der Waals surface area contributed by atoms with Crippen molar-refractivity contribution in [2.24, 2.45) is 0 Å². The number of anilines is 1. The summed E-state index contributed by atoms with van der Waals surface area (Å²) in [7, 11) is 0. The van der Waals surface area contributed by atoms with E-state index in [0.29, 0.717) is 21.5 Å². The summed E-state index contributed by atoms with van der Waals surface area (Å²) in [4.78, 5) is 7.78. The Morgan fingerprint density at radius 3 is 2.12 bits per heavy atom. The van der Waals surface area contributed by atoms with Gasteiger partial charge < -0.3 is 10.5 Å². The zero-order valence-electron chi connectivity index (χ0n) is 8.02. The average molecular weight is 256 g/mol. The van der Waals surface area contributed by atoms with Crippen LogP contribution in [0.2, 0.25) is 10.0 Å². The van der Waals surface area contributed by atoms with Crippen LogP contribution in [0.25, 0.3) is 0 Å². The Morgan fingerprint density at radius 2 is 1.56 bits per heavy atom. The molecule has 0 aliphatic rings. The van der Waals surface area contributed by atoms with Crippen LogP contribution in [0.3, 0.4) is 0 Å². The normalized spacial score (nSPS) is 10.1. The summed E-state index contributed by atoms with van der Waals surface area (Å²) in [5, 5.41) is 0.968. The number of ether oxygens (including phenoxy) is 1. The molecule has 0 unspecified atom stereocenters. The van der Waals surface area contributed by atoms with E-state index in [4.69, 9.17) is 33.7 Å². The molecule has 0 saturated heterocycles. The first-order valence-electron chi connectivity index (χ1n) is 4.35. The van der Waals surface area contributed by atoms with Gasteiger partial charge in [-0.25, -0.2) is 9.97 Å². The van der Waals surface area contributed by atoms with Crippen molar-refractivity contribution in [3.8, 4) is 11.8 Å². The smallest absolute Gasteiger partial charge is 0.322 e. The minimum atomic E-state index is 0.188. The minimum Gasteiger partial charge on any atom is -0.424 e. The summed E-state index contributed by atoms with van der Waals surface area (Å²) in [6, 6.07) is 5.03. The fraction of sp³-hybridized carbons (Fsp3) is 0. The Hall–Kier alpha value is -1.52. The molecule has 6 heteroatoms. The first-order valence-corrected chi connectivity index (χ1v) is 5.10. The zero-order valence-corrected chi connectivity index (χ0v) is 9.53. The van der Waals surface area contributed by atoms with Crippen molar-refractivity contribution in [1.82, 2.24) is 9.97 Å². The van der Waals surface area contributed by atoms with Crippen LogP contribution in [0.5, 0.6) is 11.8 Å². The van der Waals surface area contributed by atoms with Crippen molar-refractivity contribution in [3.63, 3.8) is 0 Å². The number of benzene rings is 1. The Labute approximate surface area is 102 Å². The van der Waals surface area contributed by atoms with Gasteiger partial charge in [0.05, 0.1) is 18.1 Å². The molecular formula is C10H7Cl2N3O. The van der Waals surface area contributed by atoms with Gasteiger partial charge in [-0.3, -0.25) is 0 Å². The Kier molecular flexibility index (Phi) is 3.12. The van der Waals surface area contributed by atoms with E-state index in [-0.39, 0.29) is 6.01 Å². The summed E-state index contributed by atoms with van der Waals surface area (Å²) in [5.74, 6) is 0.474. The average Bonchev–Trinajstić information content (AvgIpc) is 2.20. The van der Waals surface area contributed by atoms with Gasteiger partial charge in [0.25, 0.3) is 0 Å². The molecule has 2 rings (SSSR count). The lowest BCUT2D eigenvalue weighted by Crippen LogP contribution is -1.93. The molecule has 0 spiro atoms. The van der Waals surface area contributed by atoms with Gasteiger partial charge in [0, 0.05) is 10.0 Å². The van der Waals surface area contributed by atoms with Gasteiger partial charge in [0.15, 0.2) is 0 Å². The molecule has 0 radical (unpaired) electrons. The molecule has 0 saturated carbocycles. The molecule has 1 heterocycles. The second-order valence-electron chi connectivity index (χ2n) is 3.01. The van der Waals surface area contributed by atoms with E-state index in [1.54, 1.807) is 18.2 Å². The monoisotopic (exact) mass is 255 g/mol. The maximum Gasteiger partial charge on any atom is 0.322 e. The van der Waals surface area contributed by atoms with Crippen LogP contribution in [0.1, 0.15) is 0 Å². The van der Waals surface area contributed by atoms with Crippen molar-refractivity contribution in [3.05, 3.63) is 40.6 Å². The van der Waals surface area contributed by atoms with Crippen molar-refractivity contribution in [2.45, 2.75) is 0 Å². The van der Waals surface area contributed by atoms with Crippen LogP contribution >= 0.6 is 23.2 Å². The summed E-state index contributed by atoms with van der Waals surface area (Å²) in [5.41, 5.74) is 5.91. The number of nitrogens with two attached hydrogens (primary N) is 1. The highest BCUT2D eigenvalue weighted by Gasteiger charge is 2.02. The highest BCUT2D eigenvalue weighted by atomic mass is 35.5. The largest absolute Gasteiger partial charge is 0.424 e. The number of hydrogen-bond donors (Lipinski definition) is 1. The fourth-order valence-electron chi connectivity index (χ4n) is 1.07. The molecule has 2 aromatic rings. The van der Waals surface area contributed by atoms with Crippen molar-refractivity contribution in [2.75, 3.05) is 5.73 Å². The van der Waals surface area contributed by atoms with E-state index in [9.17, 15) is 0 Å². The van der Waals surface area contributed by atoms with E-state index >= 15 is 0 Å². The third-order valence-corrected chi connectivity index (χ3v) is 2.13. The quantitative estimate of drug-likeness (QED) is 0.896. The number of aromatic nitrogens is 2. The molecule has 4 nitrogen and oxygen atoms in total. The van der Waals surface area contributed by atoms with Crippen LogP contribution in [0.4, 0.5) is 5.69 Å². The zero-order chi connectivity index (χ0) is 11.5. The fourth-order valence-corrected chi connectivity index (χ4v) is 1.58.